The number of hydrogen-bond acceptors (Lipinski definition) is 5. The number of aliphatic hydroxyl groups excluding tert-OH is 1. The number of piperidine rings is 1. The number of hydrogen-bond donors (Lipinski definition) is 3. The normalized spacial score (nSPS) is 18.8. The molecule has 3 heterocycles. The van der Waals surface area contributed by atoms with Crippen molar-refractivity contribution < 1.29 is 27.4 Å². The Morgan fingerprint density at radius 2 is 1.85 bits per heavy atom. The van der Waals surface area contributed by atoms with Gasteiger partial charge < -0.3 is 25.0 Å². The number of anilines is 1. The number of fused-ring (bicyclic) bond motifs is 4. The van der Waals surface area contributed by atoms with E-state index in [0.717, 1.165) is 16.5 Å². The highest BCUT2D eigenvalue weighted by atomic mass is 32.2. The number of rotatable bonds is 5. The number of sulfonamides is 1. The second-order valence-electron chi connectivity index (χ2n) is 10.6. The van der Waals surface area contributed by atoms with Crippen LogP contribution in [-0.2, 0) is 15.4 Å². The molecule has 0 aliphatic carbocycles. The van der Waals surface area contributed by atoms with Crippen LogP contribution in [0.3, 0.4) is 0 Å². The minimum absolute atomic E-state index is 0.246. The van der Waals surface area contributed by atoms with Crippen LogP contribution in [0, 0.1) is 5.82 Å². The average Bonchev–Trinajstić information content (AvgIpc) is 3.37. The molecule has 0 unspecified atom stereocenters. The number of benzene rings is 3. The van der Waals surface area contributed by atoms with E-state index < -0.39 is 33.3 Å². The summed E-state index contributed by atoms with van der Waals surface area (Å²) in [4.78, 5) is 18.9. The van der Waals surface area contributed by atoms with Gasteiger partial charge in [-0.05, 0) is 60.9 Å². The monoisotopic (exact) mass is 578 g/mol. The van der Waals surface area contributed by atoms with Crippen LogP contribution in [0.2, 0.25) is 0 Å². The van der Waals surface area contributed by atoms with Gasteiger partial charge in [0.05, 0.1) is 24.7 Å². The second kappa shape index (κ2) is 10.5. The van der Waals surface area contributed by atoms with Crippen LogP contribution in [0.15, 0.2) is 77.7 Å². The fourth-order valence-corrected chi connectivity index (χ4v) is 7.75. The molecule has 6 rings (SSSR count). The Kier molecular flexibility index (Phi) is 6.96. The summed E-state index contributed by atoms with van der Waals surface area (Å²) in [5.41, 5.74) is 2.21. The van der Waals surface area contributed by atoms with Crippen molar-refractivity contribution in [3.05, 3.63) is 89.9 Å². The number of H-pyrrole nitrogens is 1. The van der Waals surface area contributed by atoms with Gasteiger partial charge in [-0.3, -0.25) is 0 Å². The lowest BCUT2D eigenvalue weighted by molar-refractivity contribution is 0.0860. The third kappa shape index (κ3) is 4.73. The van der Waals surface area contributed by atoms with Crippen LogP contribution in [0.25, 0.3) is 10.9 Å². The van der Waals surface area contributed by atoms with E-state index in [1.54, 1.807) is 48.4 Å². The molecule has 2 aliphatic rings. The Hall–Kier alpha value is -3.93. The molecular formula is C30H31FN4O5S. The summed E-state index contributed by atoms with van der Waals surface area (Å²) in [6, 6.07) is 18.6. The molecule has 1 saturated heterocycles. The van der Waals surface area contributed by atoms with Crippen molar-refractivity contribution in [2.24, 2.45) is 0 Å². The van der Waals surface area contributed by atoms with Crippen LogP contribution in [0.5, 0.6) is 5.75 Å². The van der Waals surface area contributed by atoms with Gasteiger partial charge in [0.15, 0.2) is 0 Å². The number of nitrogens with one attached hydrogen (secondary N) is 2. The van der Waals surface area contributed by atoms with Crippen molar-refractivity contribution in [3.8, 4) is 5.75 Å². The maximum absolute atomic E-state index is 13.8. The van der Waals surface area contributed by atoms with E-state index in [9.17, 15) is 22.7 Å². The third-order valence-corrected chi connectivity index (χ3v) is 10.2. The quantitative estimate of drug-likeness (QED) is 0.320. The van der Waals surface area contributed by atoms with Crippen molar-refractivity contribution in [1.29, 1.82) is 0 Å². The molecule has 1 spiro atoms. The molecule has 1 atom stereocenters. The van der Waals surface area contributed by atoms with Gasteiger partial charge in [0.2, 0.25) is 10.0 Å². The zero-order chi connectivity index (χ0) is 28.8. The van der Waals surface area contributed by atoms with Crippen molar-refractivity contribution in [2.45, 2.75) is 29.2 Å². The summed E-state index contributed by atoms with van der Waals surface area (Å²) >= 11 is 0. The summed E-state index contributed by atoms with van der Waals surface area (Å²) in [5.74, 6) is 0.186. The predicted molar refractivity (Wildman–Crippen MR) is 153 cm³/mol. The summed E-state index contributed by atoms with van der Waals surface area (Å²) in [6.45, 7) is 0.452. The van der Waals surface area contributed by atoms with Gasteiger partial charge in [-0.25, -0.2) is 17.6 Å². The summed E-state index contributed by atoms with van der Waals surface area (Å²) in [6.07, 6.45) is 0.930. The minimum atomic E-state index is -3.68. The molecule has 0 radical (unpaired) electrons. The van der Waals surface area contributed by atoms with Crippen molar-refractivity contribution in [3.63, 3.8) is 0 Å². The minimum Gasteiger partial charge on any atom is -0.497 e. The molecule has 3 N–H and O–H groups in total. The van der Waals surface area contributed by atoms with E-state index in [0.29, 0.717) is 30.0 Å². The highest BCUT2D eigenvalue weighted by Crippen LogP contribution is 2.49. The zero-order valence-corrected chi connectivity index (χ0v) is 23.3. The zero-order valence-electron chi connectivity index (χ0n) is 22.5. The number of carbonyl (C=O) groups excluding carboxylic acids is 1. The molecular weight excluding hydrogens is 547 g/mol. The number of carbonyl (C=O) groups is 1. The van der Waals surface area contributed by atoms with Crippen LogP contribution in [-0.4, -0.2) is 67.1 Å². The second-order valence-corrected chi connectivity index (χ2v) is 12.5. The highest BCUT2D eigenvalue weighted by Gasteiger charge is 2.50. The van der Waals surface area contributed by atoms with E-state index >= 15 is 0 Å². The van der Waals surface area contributed by atoms with Crippen LogP contribution < -0.4 is 10.1 Å². The van der Waals surface area contributed by atoms with Gasteiger partial charge in [0.25, 0.3) is 0 Å². The molecule has 0 saturated carbocycles. The first-order valence-corrected chi connectivity index (χ1v) is 14.9. The lowest BCUT2D eigenvalue weighted by Gasteiger charge is -2.49. The molecule has 214 valence electrons. The first kappa shape index (κ1) is 27.3. The number of amides is 2. The standard InChI is InChI=1S/C30H31FN4O5S/c1-40-22-10-11-24-25(17-22)33-28-26(18-36)35(29(37)32-21-7-5-6-20(31)16-21)19-30(27(24)28)12-14-34(15-13-30)41(38,39)23-8-3-2-4-9-23/h2-11,16-17,26,33,36H,12-15,18-19H2,1H3,(H,32,37)/t26-/m1/s1. The molecule has 9 nitrogen and oxygen atoms in total. The summed E-state index contributed by atoms with van der Waals surface area (Å²) in [7, 11) is -2.10. The van der Waals surface area contributed by atoms with Crippen LogP contribution >= 0.6 is 0 Å². The lowest BCUT2D eigenvalue weighted by Crippen LogP contribution is -2.56. The van der Waals surface area contributed by atoms with Crippen LogP contribution in [0.1, 0.15) is 30.1 Å². The topological polar surface area (TPSA) is 115 Å². The largest absolute Gasteiger partial charge is 0.497 e. The Labute approximate surface area is 237 Å². The van der Waals surface area contributed by atoms with Gasteiger partial charge in [-0.1, -0.05) is 24.3 Å². The van der Waals surface area contributed by atoms with E-state index in [4.69, 9.17) is 4.74 Å². The number of nitrogens with zero attached hydrogens (tertiary/aromatic N) is 2. The number of aliphatic hydroxyl groups is 1. The molecule has 1 fully saturated rings. The highest BCUT2D eigenvalue weighted by molar-refractivity contribution is 7.89. The first-order chi connectivity index (χ1) is 19.8. The maximum atomic E-state index is 13.8. The molecule has 2 amide bonds. The molecule has 11 heteroatoms. The SMILES string of the molecule is COc1ccc2c3c([nH]c2c1)[C@@H](CO)N(C(=O)Nc1cccc(F)c1)CC31CCN(S(=O)(=O)c2ccccc2)CC1. The number of halogens is 1. The van der Waals surface area contributed by atoms with Crippen molar-refractivity contribution in [2.75, 3.05) is 38.7 Å². The molecule has 0 bridgehead atoms. The van der Waals surface area contributed by atoms with Crippen molar-refractivity contribution in [1.82, 2.24) is 14.2 Å². The molecule has 4 aromatic rings. The smallest absolute Gasteiger partial charge is 0.322 e. The molecule has 41 heavy (non-hydrogen) atoms. The fourth-order valence-electron chi connectivity index (χ4n) is 6.29. The number of urea groups is 1. The lowest BCUT2D eigenvalue weighted by atomic mass is 9.68. The van der Waals surface area contributed by atoms with Crippen molar-refractivity contribution >= 4 is 32.6 Å². The van der Waals surface area contributed by atoms with E-state index in [-0.39, 0.29) is 31.1 Å². The van der Waals surface area contributed by atoms with Gasteiger partial charge in [-0.2, -0.15) is 4.31 Å². The van der Waals surface area contributed by atoms with E-state index in [1.165, 1.54) is 22.5 Å². The Morgan fingerprint density at radius 1 is 1.10 bits per heavy atom. The molecule has 2 aliphatic heterocycles. The maximum Gasteiger partial charge on any atom is 0.322 e. The Bertz CT molecular complexity index is 1700. The number of aromatic amines is 1. The van der Waals surface area contributed by atoms with Gasteiger partial charge in [-0.15, -0.1) is 0 Å². The summed E-state index contributed by atoms with van der Waals surface area (Å²) in [5, 5.41) is 14.3. The number of methoxy groups -OCH3 is 1. The Balaban J connectivity index is 1.40. The third-order valence-electron chi connectivity index (χ3n) is 8.32. The van der Waals surface area contributed by atoms with Gasteiger partial charge in [0, 0.05) is 53.4 Å². The fraction of sp³-hybridized carbons (Fsp3) is 0.300. The Morgan fingerprint density at radius 3 is 2.54 bits per heavy atom. The average molecular weight is 579 g/mol. The predicted octanol–water partition coefficient (Wildman–Crippen LogP) is 4.62. The van der Waals surface area contributed by atoms with E-state index in [1.807, 2.05) is 18.2 Å². The van der Waals surface area contributed by atoms with E-state index in [2.05, 4.69) is 10.3 Å². The number of aromatic nitrogens is 1. The first-order valence-electron chi connectivity index (χ1n) is 13.4. The molecule has 1 aromatic heterocycles. The van der Waals surface area contributed by atoms with Crippen LogP contribution in [0.4, 0.5) is 14.9 Å². The molecule has 3 aromatic carbocycles. The van der Waals surface area contributed by atoms with Gasteiger partial charge >= 0.3 is 6.03 Å². The van der Waals surface area contributed by atoms with Gasteiger partial charge in [0.1, 0.15) is 11.6 Å². The summed E-state index contributed by atoms with van der Waals surface area (Å²) < 4.78 is 47.6. The number of ether oxygens (including phenoxy) is 1.